The maximum atomic E-state index is 12.7. The molecule has 1 atom stereocenters. The van der Waals surface area contributed by atoms with Gasteiger partial charge in [-0.15, -0.1) is 11.7 Å². The normalized spacial score (nSPS) is 18.8. The van der Waals surface area contributed by atoms with Gasteiger partial charge in [0.25, 0.3) is 0 Å². The third-order valence-corrected chi connectivity index (χ3v) is 5.23. The largest absolute Gasteiger partial charge is 0.285 e. The van der Waals surface area contributed by atoms with E-state index in [0.717, 1.165) is 11.1 Å². The van der Waals surface area contributed by atoms with Gasteiger partial charge in [-0.3, -0.25) is 9.69 Å². The summed E-state index contributed by atoms with van der Waals surface area (Å²) in [6.07, 6.45) is 4.00. The second kappa shape index (κ2) is 8.83. The van der Waals surface area contributed by atoms with Gasteiger partial charge in [-0.05, 0) is 29.7 Å². The van der Waals surface area contributed by atoms with Gasteiger partial charge in [-0.1, -0.05) is 71.9 Å². The summed E-state index contributed by atoms with van der Waals surface area (Å²) >= 11 is 7.32. The Balaban J connectivity index is 1.74. The molecular weight excluding hydrogens is 366 g/mol. The van der Waals surface area contributed by atoms with Crippen LogP contribution < -0.4 is 0 Å². The van der Waals surface area contributed by atoms with Crippen LogP contribution in [0.2, 0.25) is 5.02 Å². The number of rotatable bonds is 6. The monoisotopic (exact) mass is 383 g/mol. The van der Waals surface area contributed by atoms with Crippen LogP contribution in [0, 0.1) is 0 Å². The summed E-state index contributed by atoms with van der Waals surface area (Å²) in [5.41, 5.74) is 2.02. The van der Waals surface area contributed by atoms with E-state index in [4.69, 9.17) is 11.6 Å². The highest BCUT2D eigenvalue weighted by atomic mass is 35.5. The number of benzene rings is 2. The molecule has 3 rings (SSSR count). The highest BCUT2D eigenvalue weighted by molar-refractivity contribution is 8.15. The Morgan fingerprint density at radius 3 is 2.58 bits per heavy atom. The third kappa shape index (κ3) is 4.62. The first-order valence-corrected chi connectivity index (χ1v) is 9.42. The van der Waals surface area contributed by atoms with Crippen molar-refractivity contribution >= 4 is 40.7 Å². The Labute approximate surface area is 162 Å². The molecule has 132 valence electrons. The second-order valence-electron chi connectivity index (χ2n) is 5.71. The number of amides is 1. The fraction of sp³-hybridized carbons (Fsp3) is 0.150. The van der Waals surface area contributed by atoms with E-state index in [1.165, 1.54) is 11.8 Å². The summed E-state index contributed by atoms with van der Waals surface area (Å²) < 4.78 is 0. The molecule has 0 aromatic heterocycles. The van der Waals surface area contributed by atoms with Crippen LogP contribution in [0.15, 0.2) is 77.5 Å². The van der Waals surface area contributed by atoms with E-state index in [2.05, 4.69) is 16.8 Å². The van der Waals surface area contributed by atoms with Gasteiger partial charge >= 0.3 is 0 Å². The number of carbonyl (C=O) groups excluding carboxylic acids is 1. The SMILES string of the molecule is C=CCN1C(=O)C(Cc2ccccc2)S/C1=N/N=C/c1ccc(Cl)cc1. The van der Waals surface area contributed by atoms with Crippen LogP contribution >= 0.6 is 23.4 Å². The third-order valence-electron chi connectivity index (χ3n) is 3.82. The molecule has 4 nitrogen and oxygen atoms in total. The zero-order valence-corrected chi connectivity index (χ0v) is 15.7. The van der Waals surface area contributed by atoms with E-state index < -0.39 is 0 Å². The highest BCUT2D eigenvalue weighted by Gasteiger charge is 2.37. The maximum absolute atomic E-state index is 12.7. The van der Waals surface area contributed by atoms with E-state index >= 15 is 0 Å². The molecule has 1 aliphatic heterocycles. The molecule has 0 spiro atoms. The number of halogens is 1. The average molecular weight is 384 g/mol. The Hall–Kier alpha value is -2.37. The van der Waals surface area contributed by atoms with Gasteiger partial charge in [0, 0.05) is 11.6 Å². The number of hydrogen-bond donors (Lipinski definition) is 0. The lowest BCUT2D eigenvalue weighted by Crippen LogP contribution is -2.32. The molecule has 1 heterocycles. The summed E-state index contributed by atoms with van der Waals surface area (Å²) in [7, 11) is 0. The Kier molecular flexibility index (Phi) is 6.26. The zero-order valence-electron chi connectivity index (χ0n) is 14.1. The topological polar surface area (TPSA) is 45.0 Å². The van der Waals surface area contributed by atoms with Crippen molar-refractivity contribution in [3.8, 4) is 0 Å². The quantitative estimate of drug-likeness (QED) is 0.421. The molecule has 2 aromatic rings. The molecule has 1 amide bonds. The predicted molar refractivity (Wildman–Crippen MR) is 110 cm³/mol. The van der Waals surface area contributed by atoms with E-state index in [1.807, 2.05) is 42.5 Å². The minimum absolute atomic E-state index is 0.0409. The van der Waals surface area contributed by atoms with Gasteiger partial charge in [-0.2, -0.15) is 5.10 Å². The molecule has 2 aromatic carbocycles. The van der Waals surface area contributed by atoms with E-state index in [9.17, 15) is 4.79 Å². The van der Waals surface area contributed by atoms with Crippen molar-refractivity contribution in [2.24, 2.45) is 10.2 Å². The van der Waals surface area contributed by atoms with Crippen molar-refractivity contribution < 1.29 is 4.79 Å². The highest BCUT2D eigenvalue weighted by Crippen LogP contribution is 2.30. The molecule has 0 aliphatic carbocycles. The van der Waals surface area contributed by atoms with Gasteiger partial charge < -0.3 is 0 Å². The Morgan fingerprint density at radius 2 is 1.88 bits per heavy atom. The van der Waals surface area contributed by atoms with Crippen molar-refractivity contribution in [1.82, 2.24) is 4.90 Å². The summed E-state index contributed by atoms with van der Waals surface area (Å²) in [6.45, 7) is 4.15. The van der Waals surface area contributed by atoms with Crippen LogP contribution in [-0.2, 0) is 11.2 Å². The first kappa shape index (κ1) is 18.4. The maximum Gasteiger partial charge on any atom is 0.242 e. The average Bonchev–Trinajstić information content (AvgIpc) is 2.94. The fourth-order valence-corrected chi connectivity index (χ4v) is 3.81. The first-order chi connectivity index (χ1) is 12.7. The van der Waals surface area contributed by atoms with E-state index in [1.54, 1.807) is 29.3 Å². The molecule has 0 saturated carbocycles. The lowest BCUT2D eigenvalue weighted by atomic mass is 10.1. The fourth-order valence-electron chi connectivity index (χ4n) is 2.53. The Bertz CT molecular complexity index is 834. The molecule has 0 radical (unpaired) electrons. The minimum Gasteiger partial charge on any atom is -0.285 e. The summed E-state index contributed by atoms with van der Waals surface area (Å²) in [5.74, 6) is 0.0409. The molecular formula is C20H18ClN3OS. The zero-order chi connectivity index (χ0) is 18.4. The number of nitrogens with zero attached hydrogens (tertiary/aromatic N) is 3. The molecule has 0 bridgehead atoms. The number of hydrogen-bond acceptors (Lipinski definition) is 4. The summed E-state index contributed by atoms with van der Waals surface area (Å²) in [6, 6.07) is 17.3. The first-order valence-electron chi connectivity index (χ1n) is 8.17. The number of carbonyl (C=O) groups is 1. The minimum atomic E-state index is -0.193. The predicted octanol–water partition coefficient (Wildman–Crippen LogP) is 4.40. The van der Waals surface area contributed by atoms with Crippen LogP contribution in [0.25, 0.3) is 0 Å². The molecule has 1 aliphatic rings. The van der Waals surface area contributed by atoms with Gasteiger partial charge in [0.2, 0.25) is 5.91 Å². The van der Waals surface area contributed by atoms with E-state index in [0.29, 0.717) is 23.2 Å². The van der Waals surface area contributed by atoms with Crippen molar-refractivity contribution in [2.45, 2.75) is 11.7 Å². The van der Waals surface area contributed by atoms with Crippen molar-refractivity contribution in [3.63, 3.8) is 0 Å². The molecule has 1 fully saturated rings. The Morgan fingerprint density at radius 1 is 1.15 bits per heavy atom. The molecule has 1 saturated heterocycles. The standard InChI is InChI=1S/C20H18ClN3OS/c1-2-12-24-19(25)18(13-15-6-4-3-5-7-15)26-20(24)23-22-14-16-8-10-17(21)11-9-16/h2-11,14,18H,1,12-13H2/b22-14+,23-20+. The summed E-state index contributed by atoms with van der Waals surface area (Å²) in [4.78, 5) is 14.3. The molecule has 0 N–H and O–H groups in total. The second-order valence-corrected chi connectivity index (χ2v) is 7.32. The molecule has 26 heavy (non-hydrogen) atoms. The lowest BCUT2D eigenvalue weighted by Gasteiger charge is -2.12. The van der Waals surface area contributed by atoms with Crippen molar-refractivity contribution in [3.05, 3.63) is 83.4 Å². The van der Waals surface area contributed by atoms with E-state index in [-0.39, 0.29) is 11.2 Å². The van der Waals surface area contributed by atoms with Crippen LogP contribution in [-0.4, -0.2) is 34.0 Å². The van der Waals surface area contributed by atoms with Gasteiger partial charge in [0.05, 0.1) is 11.5 Å². The van der Waals surface area contributed by atoms with Crippen LogP contribution in [0.3, 0.4) is 0 Å². The van der Waals surface area contributed by atoms with Gasteiger partial charge in [0.15, 0.2) is 5.17 Å². The van der Waals surface area contributed by atoms with Crippen LogP contribution in [0.4, 0.5) is 0 Å². The lowest BCUT2D eigenvalue weighted by molar-refractivity contribution is -0.125. The number of thioether (sulfide) groups is 1. The smallest absolute Gasteiger partial charge is 0.242 e. The van der Waals surface area contributed by atoms with Gasteiger partial charge in [0.1, 0.15) is 0 Å². The van der Waals surface area contributed by atoms with Crippen molar-refractivity contribution in [2.75, 3.05) is 6.54 Å². The molecule has 1 unspecified atom stereocenters. The number of amidine groups is 1. The summed E-state index contributed by atoms with van der Waals surface area (Å²) in [5, 5.41) is 9.47. The van der Waals surface area contributed by atoms with Crippen molar-refractivity contribution in [1.29, 1.82) is 0 Å². The van der Waals surface area contributed by atoms with Crippen LogP contribution in [0.1, 0.15) is 11.1 Å². The van der Waals surface area contributed by atoms with Crippen LogP contribution in [0.5, 0.6) is 0 Å². The van der Waals surface area contributed by atoms with Gasteiger partial charge in [-0.25, -0.2) is 0 Å². The molecule has 6 heteroatoms.